The number of β-lactam (4-membered cyclic amide) rings is 1. The fraction of sp³-hybridized carbons (Fsp3) is 0.364. The van der Waals surface area contributed by atoms with Crippen molar-refractivity contribution in [2.45, 2.75) is 41.8 Å². The zero-order valence-corrected chi connectivity index (χ0v) is 23.4. The van der Waals surface area contributed by atoms with E-state index in [4.69, 9.17) is 10.6 Å². The van der Waals surface area contributed by atoms with Crippen LogP contribution in [0.5, 0.6) is 0 Å². The van der Waals surface area contributed by atoms with E-state index in [1.807, 2.05) is 12.2 Å². The summed E-state index contributed by atoms with van der Waals surface area (Å²) < 4.78 is 5.34. The van der Waals surface area contributed by atoms with Gasteiger partial charge in [0.15, 0.2) is 10.8 Å². The third kappa shape index (κ3) is 5.46. The molecule has 1 fully saturated rings. The van der Waals surface area contributed by atoms with Gasteiger partial charge in [0.2, 0.25) is 11.5 Å². The van der Waals surface area contributed by atoms with E-state index in [1.54, 1.807) is 12.1 Å². The molecule has 3 atom stereocenters. The van der Waals surface area contributed by atoms with Gasteiger partial charge in [0.1, 0.15) is 28.2 Å². The maximum absolute atomic E-state index is 13.3. The standard InChI is InChI=1S/C22H21N11O5S3/c23-22-25-17(29-41-22)14(28-38-11-4-2-1-3-5-11)18(34)24-15-19(35)32-16(21(36)37)10(9-40-20(15)32)8-39-13-7-6-12-26-30-31-33(12)27-13/h2,4,6-7,11,15,20H,1,3,5,8-9H2,(H,24,34)(H,36,37)(H2,23,25,29)/t11?,15?,20-/m0/s1. The van der Waals surface area contributed by atoms with Gasteiger partial charge < -0.3 is 21.0 Å². The summed E-state index contributed by atoms with van der Waals surface area (Å²) in [6.07, 6.45) is 6.16. The van der Waals surface area contributed by atoms with Crippen molar-refractivity contribution < 1.29 is 24.3 Å². The first kappa shape index (κ1) is 27.1. The Kier molecular flexibility index (Phi) is 7.54. The number of nitrogens with one attached hydrogen (secondary N) is 1. The van der Waals surface area contributed by atoms with Gasteiger partial charge in [-0.1, -0.05) is 11.2 Å². The predicted octanol–water partition coefficient (Wildman–Crippen LogP) is 0.313. The zero-order valence-electron chi connectivity index (χ0n) is 21.0. The largest absolute Gasteiger partial charge is 0.477 e. The number of nitrogens with zero attached hydrogens (tertiary/aromatic N) is 9. The topological polar surface area (TPSA) is 216 Å². The summed E-state index contributed by atoms with van der Waals surface area (Å²) in [4.78, 5) is 49.5. The van der Waals surface area contributed by atoms with Gasteiger partial charge in [-0.05, 0) is 53.5 Å². The fourth-order valence-corrected chi connectivity index (χ4v) is 7.15. The molecule has 3 aromatic rings. The average Bonchev–Trinajstić information content (AvgIpc) is 3.63. The first-order valence-electron chi connectivity index (χ1n) is 12.3. The van der Waals surface area contributed by atoms with E-state index in [0.29, 0.717) is 22.0 Å². The van der Waals surface area contributed by atoms with Crippen LogP contribution in [-0.2, 0) is 19.2 Å². The Morgan fingerprint density at radius 1 is 1.34 bits per heavy atom. The molecule has 2 amide bonds. The summed E-state index contributed by atoms with van der Waals surface area (Å²) in [5, 5.41) is 32.2. The van der Waals surface area contributed by atoms with Crippen LogP contribution in [0, 0.1) is 0 Å². The van der Waals surface area contributed by atoms with Gasteiger partial charge in [0.25, 0.3) is 11.8 Å². The molecule has 19 heteroatoms. The second kappa shape index (κ2) is 11.4. The van der Waals surface area contributed by atoms with Crippen LogP contribution >= 0.6 is 35.1 Å². The Morgan fingerprint density at radius 3 is 2.98 bits per heavy atom. The van der Waals surface area contributed by atoms with Crippen molar-refractivity contribution in [1.82, 2.24) is 44.8 Å². The van der Waals surface area contributed by atoms with Gasteiger partial charge in [-0.25, -0.2) is 4.79 Å². The highest BCUT2D eigenvalue weighted by Crippen LogP contribution is 2.41. The van der Waals surface area contributed by atoms with E-state index in [2.05, 4.69) is 40.5 Å². The number of tetrazole rings is 1. The Labute approximate surface area is 243 Å². The number of nitrogens with two attached hydrogens (primary N) is 1. The molecule has 0 aromatic carbocycles. The molecular formula is C22H21N11O5S3. The van der Waals surface area contributed by atoms with Crippen LogP contribution in [-0.4, -0.2) is 97.1 Å². The molecule has 1 saturated heterocycles. The van der Waals surface area contributed by atoms with Gasteiger partial charge in [0, 0.05) is 23.0 Å². The van der Waals surface area contributed by atoms with E-state index in [0.717, 1.165) is 30.8 Å². The highest BCUT2D eigenvalue weighted by atomic mass is 32.2. The molecule has 0 saturated carbocycles. The van der Waals surface area contributed by atoms with Crippen LogP contribution in [0.2, 0.25) is 0 Å². The van der Waals surface area contributed by atoms with Crippen LogP contribution in [0.25, 0.3) is 5.65 Å². The quantitative estimate of drug-likeness (QED) is 0.0971. The van der Waals surface area contributed by atoms with E-state index in [-0.39, 0.29) is 34.2 Å². The third-order valence-corrected chi connectivity index (χ3v) is 9.22. The summed E-state index contributed by atoms with van der Waals surface area (Å²) in [5.74, 6) is -1.92. The Hall–Kier alpha value is -4.10. The molecule has 0 radical (unpaired) electrons. The number of carboxylic acids is 1. The lowest BCUT2D eigenvalue weighted by Crippen LogP contribution is -2.71. The van der Waals surface area contributed by atoms with E-state index in [1.165, 1.54) is 33.1 Å². The van der Waals surface area contributed by atoms with Crippen LogP contribution in [0.4, 0.5) is 5.13 Å². The Balaban J connectivity index is 1.16. The first-order valence-corrected chi connectivity index (χ1v) is 15.1. The van der Waals surface area contributed by atoms with Gasteiger partial charge in [0.05, 0.1) is 0 Å². The lowest BCUT2D eigenvalue weighted by Gasteiger charge is -2.49. The average molecular weight is 616 g/mol. The van der Waals surface area contributed by atoms with Crippen molar-refractivity contribution in [1.29, 1.82) is 0 Å². The molecule has 2 unspecified atom stereocenters. The summed E-state index contributed by atoms with van der Waals surface area (Å²) in [5.41, 5.74) is 6.42. The van der Waals surface area contributed by atoms with Crippen molar-refractivity contribution in [2.24, 2.45) is 5.16 Å². The number of nitrogen functional groups attached to an aromatic ring is 1. The highest BCUT2D eigenvalue weighted by molar-refractivity contribution is 8.01. The van der Waals surface area contributed by atoms with Gasteiger partial charge in [-0.2, -0.15) is 9.36 Å². The molecule has 4 N–H and O–H groups in total. The number of hydrogen-bond acceptors (Lipinski definition) is 15. The molecule has 6 rings (SSSR count). The molecule has 5 heterocycles. The van der Waals surface area contributed by atoms with Crippen LogP contribution in [0.3, 0.4) is 0 Å². The smallest absolute Gasteiger partial charge is 0.352 e. The number of carbonyl (C=O) groups excluding carboxylic acids is 2. The van der Waals surface area contributed by atoms with Crippen molar-refractivity contribution in [2.75, 3.05) is 17.2 Å². The van der Waals surface area contributed by atoms with E-state index >= 15 is 0 Å². The van der Waals surface area contributed by atoms with Gasteiger partial charge in [-0.15, -0.1) is 38.4 Å². The van der Waals surface area contributed by atoms with Crippen LogP contribution in [0.15, 0.2) is 45.7 Å². The molecule has 1 aliphatic carbocycles. The van der Waals surface area contributed by atoms with Crippen molar-refractivity contribution in [3.05, 3.63) is 41.4 Å². The number of amides is 2. The predicted molar refractivity (Wildman–Crippen MR) is 148 cm³/mol. The number of fused-ring (bicyclic) bond motifs is 2. The molecule has 3 aromatic heterocycles. The number of carbonyl (C=O) groups is 3. The number of rotatable bonds is 9. The zero-order chi connectivity index (χ0) is 28.5. The number of aliphatic carboxylic acids is 1. The minimum atomic E-state index is -1.23. The Morgan fingerprint density at radius 2 is 2.22 bits per heavy atom. The van der Waals surface area contributed by atoms with E-state index < -0.39 is 29.2 Å². The summed E-state index contributed by atoms with van der Waals surface area (Å²) in [7, 11) is 0. The molecule has 2 aliphatic heterocycles. The lowest BCUT2D eigenvalue weighted by atomic mass is 10.0. The summed E-state index contributed by atoms with van der Waals surface area (Å²) in [6, 6.07) is 2.45. The van der Waals surface area contributed by atoms with Crippen molar-refractivity contribution in [3.63, 3.8) is 0 Å². The minimum Gasteiger partial charge on any atom is -0.477 e. The monoisotopic (exact) mass is 615 g/mol. The number of carboxylic acid groups (broad SMARTS) is 1. The van der Waals surface area contributed by atoms with Crippen molar-refractivity contribution in [3.8, 4) is 0 Å². The SMILES string of the molecule is Nc1nc(C(=NOC2C=CCCC2)C(=O)NC2C(=O)N3C(C(=O)O)=C(CSc4ccc5nnnn5n4)CS[C@@H]23)ns1. The highest BCUT2D eigenvalue weighted by Gasteiger charge is 2.54. The normalized spacial score (nSPS) is 22.4. The number of hydrogen-bond donors (Lipinski definition) is 3. The molecule has 212 valence electrons. The third-order valence-electron chi connectivity index (χ3n) is 6.33. The number of anilines is 1. The molecule has 0 spiro atoms. The molecule has 0 bridgehead atoms. The van der Waals surface area contributed by atoms with Crippen molar-refractivity contribution >= 4 is 69.3 Å². The van der Waals surface area contributed by atoms with Gasteiger partial charge >= 0.3 is 5.97 Å². The second-order valence-electron chi connectivity index (χ2n) is 9.00. The Bertz CT molecular complexity index is 1620. The lowest BCUT2D eigenvalue weighted by molar-refractivity contribution is -0.150. The summed E-state index contributed by atoms with van der Waals surface area (Å²) in [6.45, 7) is 0. The molecule has 3 aliphatic rings. The molecule has 41 heavy (non-hydrogen) atoms. The molecular weight excluding hydrogens is 595 g/mol. The fourth-order valence-electron chi connectivity index (χ4n) is 4.38. The number of allylic oxidation sites excluding steroid dienone is 1. The number of oxime groups is 1. The van der Waals surface area contributed by atoms with Crippen LogP contribution in [0.1, 0.15) is 25.1 Å². The minimum absolute atomic E-state index is 0.0244. The number of aromatic nitrogens is 7. The van der Waals surface area contributed by atoms with E-state index in [9.17, 15) is 19.5 Å². The maximum Gasteiger partial charge on any atom is 0.352 e. The molecule has 16 nitrogen and oxygen atoms in total. The number of thioether (sulfide) groups is 2. The first-order chi connectivity index (χ1) is 19.9. The summed E-state index contributed by atoms with van der Waals surface area (Å²) >= 11 is 3.55. The van der Waals surface area contributed by atoms with Gasteiger partial charge in [-0.3, -0.25) is 14.5 Å². The second-order valence-corrected chi connectivity index (χ2v) is 11.9. The van der Waals surface area contributed by atoms with Crippen LogP contribution < -0.4 is 11.1 Å². The maximum atomic E-state index is 13.3.